The van der Waals surface area contributed by atoms with Crippen LogP contribution in [0.2, 0.25) is 0 Å². The van der Waals surface area contributed by atoms with Gasteiger partial charge in [-0.05, 0) is 63.6 Å². The first kappa shape index (κ1) is 29.9. The summed E-state index contributed by atoms with van der Waals surface area (Å²) in [6.07, 6.45) is 4.99. The number of hydrogen-bond donors (Lipinski definition) is 3. The molecule has 3 aromatic rings. The van der Waals surface area contributed by atoms with E-state index in [9.17, 15) is 9.59 Å². The van der Waals surface area contributed by atoms with E-state index in [4.69, 9.17) is 20.1 Å². The number of nitrogens with one attached hydrogen (secondary N) is 1. The molecule has 4 N–H and O–H groups in total. The zero-order valence-corrected chi connectivity index (χ0v) is 22.8. The van der Waals surface area contributed by atoms with E-state index in [2.05, 4.69) is 10.5 Å². The van der Waals surface area contributed by atoms with Crippen molar-refractivity contribution >= 4 is 17.7 Å². The largest absolute Gasteiger partial charge is 0.449 e. The average molecular weight is 537 g/mol. The minimum Gasteiger partial charge on any atom is -0.449 e. The third-order valence-corrected chi connectivity index (χ3v) is 6.38. The van der Waals surface area contributed by atoms with Crippen molar-refractivity contribution in [3.63, 3.8) is 0 Å². The number of aliphatic hydroxyl groups excluding tert-OH is 1. The Morgan fingerprint density at radius 1 is 1.05 bits per heavy atom. The summed E-state index contributed by atoms with van der Waals surface area (Å²) < 4.78 is 10.5. The van der Waals surface area contributed by atoms with E-state index in [0.717, 1.165) is 28.9 Å². The molecular weight excluding hydrogens is 496 g/mol. The van der Waals surface area contributed by atoms with E-state index < -0.39 is 11.6 Å². The molecule has 0 spiro atoms. The standard InChI is InChI=1S/C30H40N4O5/c1-30(2,31)28(36)34(25-14-7-4-8-15-25)27(23-12-5-3-6-13-23)17-11-16-26-24(22-39-33-26)18-21-38-29(37)32-19-9-10-20-35/h3-8,12-15,22,27,35H,9-11,16-21,31H2,1-2H3,(H,32,37). The number of para-hydroxylation sites is 1. The van der Waals surface area contributed by atoms with Crippen LogP contribution in [-0.2, 0) is 22.4 Å². The quantitative estimate of drug-likeness (QED) is 0.243. The minimum absolute atomic E-state index is 0.102. The fourth-order valence-corrected chi connectivity index (χ4v) is 4.34. The number of hydrogen-bond acceptors (Lipinski definition) is 7. The second-order valence-electron chi connectivity index (χ2n) is 10.1. The topological polar surface area (TPSA) is 131 Å². The number of aliphatic hydroxyl groups is 1. The number of rotatable bonds is 15. The second kappa shape index (κ2) is 15.0. The lowest BCUT2D eigenvalue weighted by molar-refractivity contribution is -0.123. The highest BCUT2D eigenvalue weighted by Crippen LogP contribution is 2.33. The van der Waals surface area contributed by atoms with Gasteiger partial charge in [0, 0.05) is 30.8 Å². The highest BCUT2D eigenvalue weighted by atomic mass is 16.5. The van der Waals surface area contributed by atoms with Crippen LogP contribution in [0, 0.1) is 0 Å². The number of aromatic nitrogens is 1. The van der Waals surface area contributed by atoms with Crippen LogP contribution in [0.5, 0.6) is 0 Å². The molecule has 2 aromatic carbocycles. The van der Waals surface area contributed by atoms with Gasteiger partial charge in [-0.2, -0.15) is 0 Å². The van der Waals surface area contributed by atoms with Crippen molar-refractivity contribution in [2.75, 3.05) is 24.7 Å². The predicted octanol–water partition coefficient (Wildman–Crippen LogP) is 4.55. The SMILES string of the molecule is CC(C)(N)C(=O)N(c1ccccc1)C(CCCc1nocc1CCOC(=O)NCCCCO)c1ccccc1. The summed E-state index contributed by atoms with van der Waals surface area (Å²) in [7, 11) is 0. The molecule has 2 amide bonds. The Balaban J connectivity index is 1.67. The van der Waals surface area contributed by atoms with Crippen molar-refractivity contribution in [1.29, 1.82) is 0 Å². The Morgan fingerprint density at radius 2 is 1.74 bits per heavy atom. The first-order valence-electron chi connectivity index (χ1n) is 13.5. The molecular formula is C30H40N4O5. The Morgan fingerprint density at radius 3 is 2.41 bits per heavy atom. The lowest BCUT2D eigenvalue weighted by Crippen LogP contribution is -2.52. The van der Waals surface area contributed by atoms with Gasteiger partial charge in [-0.15, -0.1) is 0 Å². The number of benzene rings is 2. The fourth-order valence-electron chi connectivity index (χ4n) is 4.34. The molecule has 3 rings (SSSR count). The van der Waals surface area contributed by atoms with Crippen LogP contribution in [0.4, 0.5) is 10.5 Å². The number of ether oxygens (including phenoxy) is 1. The summed E-state index contributed by atoms with van der Waals surface area (Å²) in [4.78, 5) is 27.3. The lowest BCUT2D eigenvalue weighted by atomic mass is 9.94. The van der Waals surface area contributed by atoms with E-state index in [-0.39, 0.29) is 25.2 Å². The number of nitrogens with zero attached hydrogens (tertiary/aromatic N) is 2. The van der Waals surface area contributed by atoms with Crippen molar-refractivity contribution in [1.82, 2.24) is 10.5 Å². The smallest absolute Gasteiger partial charge is 0.407 e. The highest BCUT2D eigenvalue weighted by molar-refractivity contribution is 6.00. The van der Waals surface area contributed by atoms with E-state index in [1.54, 1.807) is 20.1 Å². The summed E-state index contributed by atoms with van der Waals surface area (Å²) in [5, 5.41) is 15.7. The minimum atomic E-state index is -1.05. The van der Waals surface area contributed by atoms with Gasteiger partial charge in [-0.25, -0.2) is 4.79 Å². The van der Waals surface area contributed by atoms with Crippen LogP contribution in [0.25, 0.3) is 0 Å². The molecule has 0 radical (unpaired) electrons. The van der Waals surface area contributed by atoms with Crippen LogP contribution in [0.15, 0.2) is 71.4 Å². The number of anilines is 1. The molecule has 1 unspecified atom stereocenters. The van der Waals surface area contributed by atoms with E-state index in [1.165, 1.54) is 0 Å². The Hall–Kier alpha value is -3.69. The van der Waals surface area contributed by atoms with Gasteiger partial charge in [0.1, 0.15) is 6.26 Å². The molecule has 0 fully saturated rings. The maximum absolute atomic E-state index is 13.6. The molecule has 1 atom stereocenters. The van der Waals surface area contributed by atoms with E-state index in [1.807, 2.05) is 65.6 Å². The molecule has 0 aliphatic carbocycles. The highest BCUT2D eigenvalue weighted by Gasteiger charge is 2.34. The summed E-state index contributed by atoms with van der Waals surface area (Å²) in [5.41, 5.74) is 8.77. The van der Waals surface area contributed by atoms with Gasteiger partial charge in [-0.3, -0.25) is 4.79 Å². The summed E-state index contributed by atoms with van der Waals surface area (Å²) in [6.45, 7) is 4.22. The van der Waals surface area contributed by atoms with Gasteiger partial charge in [0.2, 0.25) is 5.91 Å². The van der Waals surface area contributed by atoms with Crippen molar-refractivity contribution in [3.05, 3.63) is 83.7 Å². The Kier molecular flexibility index (Phi) is 11.5. The Labute approximate surface area is 230 Å². The van der Waals surface area contributed by atoms with E-state index in [0.29, 0.717) is 38.6 Å². The van der Waals surface area contributed by atoms with Gasteiger partial charge < -0.3 is 30.3 Å². The number of unbranched alkanes of at least 4 members (excludes halogenated alkanes) is 1. The molecule has 39 heavy (non-hydrogen) atoms. The van der Waals surface area contributed by atoms with Gasteiger partial charge in [0.25, 0.3) is 0 Å². The number of carbonyl (C=O) groups is 2. The second-order valence-corrected chi connectivity index (χ2v) is 10.1. The molecule has 1 heterocycles. The number of carbonyl (C=O) groups excluding carboxylic acids is 2. The summed E-state index contributed by atoms with van der Waals surface area (Å²) >= 11 is 0. The zero-order chi connectivity index (χ0) is 28.1. The van der Waals surface area contributed by atoms with Crippen molar-refractivity contribution in [2.24, 2.45) is 5.73 Å². The summed E-state index contributed by atoms with van der Waals surface area (Å²) in [6, 6.07) is 19.4. The van der Waals surface area contributed by atoms with Crippen LogP contribution >= 0.6 is 0 Å². The molecule has 0 bridgehead atoms. The number of aryl methyl sites for hydroxylation is 1. The lowest BCUT2D eigenvalue weighted by Gasteiger charge is -2.36. The number of nitrogens with two attached hydrogens (primary N) is 1. The fraction of sp³-hybridized carbons (Fsp3) is 0.433. The first-order chi connectivity index (χ1) is 18.8. The van der Waals surface area contributed by atoms with Crippen molar-refractivity contribution < 1.29 is 24.0 Å². The van der Waals surface area contributed by atoms with Gasteiger partial charge in [0.15, 0.2) is 0 Å². The molecule has 0 aliphatic heterocycles. The molecule has 1 aromatic heterocycles. The van der Waals surface area contributed by atoms with Crippen molar-refractivity contribution in [2.45, 2.75) is 64.0 Å². The zero-order valence-electron chi connectivity index (χ0n) is 22.8. The average Bonchev–Trinajstić information content (AvgIpc) is 3.38. The van der Waals surface area contributed by atoms with E-state index >= 15 is 0 Å². The summed E-state index contributed by atoms with van der Waals surface area (Å²) in [5.74, 6) is -0.156. The third kappa shape index (κ3) is 9.23. The molecule has 9 nitrogen and oxygen atoms in total. The van der Waals surface area contributed by atoms with Gasteiger partial charge >= 0.3 is 6.09 Å². The third-order valence-electron chi connectivity index (χ3n) is 6.38. The monoisotopic (exact) mass is 536 g/mol. The molecule has 9 heteroatoms. The van der Waals surface area contributed by atoms with Crippen LogP contribution in [0.1, 0.15) is 62.4 Å². The number of amides is 2. The normalized spacial score (nSPS) is 12.1. The number of alkyl carbamates (subject to hydrolysis) is 1. The van der Waals surface area contributed by atoms with Gasteiger partial charge in [-0.1, -0.05) is 53.7 Å². The van der Waals surface area contributed by atoms with Gasteiger partial charge in [0.05, 0.1) is 23.9 Å². The maximum atomic E-state index is 13.6. The maximum Gasteiger partial charge on any atom is 0.407 e. The van der Waals surface area contributed by atoms with Crippen molar-refractivity contribution in [3.8, 4) is 0 Å². The Bertz CT molecular complexity index is 1140. The molecule has 0 aliphatic rings. The van der Waals surface area contributed by atoms with Crippen LogP contribution in [0.3, 0.4) is 0 Å². The molecule has 210 valence electrons. The van der Waals surface area contributed by atoms with Crippen LogP contribution < -0.4 is 16.0 Å². The molecule has 0 saturated heterocycles. The molecule has 0 saturated carbocycles. The van der Waals surface area contributed by atoms with Crippen LogP contribution in [-0.4, -0.2) is 47.6 Å². The first-order valence-corrected chi connectivity index (χ1v) is 13.5. The predicted molar refractivity (Wildman–Crippen MR) is 150 cm³/mol.